The van der Waals surface area contributed by atoms with Crippen LogP contribution in [0, 0.1) is 5.92 Å². The van der Waals surface area contributed by atoms with Crippen molar-refractivity contribution in [2.45, 2.75) is 25.8 Å². The molecule has 2 N–H and O–H groups in total. The van der Waals surface area contributed by atoms with Gasteiger partial charge in [0, 0.05) is 14.1 Å². The minimum absolute atomic E-state index is 0.0339. The van der Waals surface area contributed by atoms with E-state index in [1.807, 2.05) is 31.1 Å². The van der Waals surface area contributed by atoms with Crippen molar-refractivity contribution < 1.29 is 4.79 Å². The van der Waals surface area contributed by atoms with Gasteiger partial charge in [0.25, 0.3) is 0 Å². The summed E-state index contributed by atoms with van der Waals surface area (Å²) in [5.41, 5.74) is 0.746. The Morgan fingerprint density at radius 1 is 1.47 bits per heavy atom. The molecule has 1 fully saturated rings. The summed E-state index contributed by atoms with van der Waals surface area (Å²) in [5, 5.41) is 6.20. The number of rotatable bonds is 3. The molecule has 0 bridgehead atoms. The number of amides is 1. The molecule has 1 aromatic heterocycles. The lowest BCUT2D eigenvalue weighted by atomic mass is 9.92. The summed E-state index contributed by atoms with van der Waals surface area (Å²) in [4.78, 5) is 18.4. The SMILES string of the molecule is CC1CCCNC1C(=O)Nc1ccc(N(C)C)nc1. The Morgan fingerprint density at radius 2 is 2.26 bits per heavy atom. The summed E-state index contributed by atoms with van der Waals surface area (Å²) in [6.07, 6.45) is 3.94. The van der Waals surface area contributed by atoms with Gasteiger partial charge in [0.05, 0.1) is 17.9 Å². The fourth-order valence-corrected chi connectivity index (χ4v) is 2.35. The molecule has 0 radical (unpaired) electrons. The highest BCUT2D eigenvalue weighted by molar-refractivity contribution is 5.95. The Kier molecular flexibility index (Phi) is 4.37. The largest absolute Gasteiger partial charge is 0.363 e. The van der Waals surface area contributed by atoms with Crippen LogP contribution < -0.4 is 15.5 Å². The molecule has 1 amide bonds. The predicted molar refractivity (Wildman–Crippen MR) is 77.4 cm³/mol. The molecule has 2 heterocycles. The number of carbonyl (C=O) groups is 1. The number of hydrogen-bond acceptors (Lipinski definition) is 4. The van der Waals surface area contributed by atoms with Crippen LogP contribution >= 0.6 is 0 Å². The molecule has 2 unspecified atom stereocenters. The van der Waals surface area contributed by atoms with E-state index in [2.05, 4.69) is 22.5 Å². The second kappa shape index (κ2) is 6.02. The van der Waals surface area contributed by atoms with Gasteiger partial charge in [0.1, 0.15) is 5.82 Å². The molecule has 2 rings (SSSR count). The van der Waals surface area contributed by atoms with Crippen molar-refractivity contribution in [3.8, 4) is 0 Å². The maximum atomic E-state index is 12.2. The van der Waals surface area contributed by atoms with Crippen LogP contribution in [0.5, 0.6) is 0 Å². The summed E-state index contributed by atoms with van der Waals surface area (Å²) in [6, 6.07) is 3.68. The minimum Gasteiger partial charge on any atom is -0.363 e. The summed E-state index contributed by atoms with van der Waals surface area (Å²) >= 11 is 0. The number of pyridine rings is 1. The van der Waals surface area contributed by atoms with Crippen molar-refractivity contribution in [2.24, 2.45) is 5.92 Å². The lowest BCUT2D eigenvalue weighted by Crippen LogP contribution is -2.48. The van der Waals surface area contributed by atoms with Gasteiger partial charge in [0.15, 0.2) is 0 Å². The summed E-state index contributed by atoms with van der Waals surface area (Å²) < 4.78 is 0. The topological polar surface area (TPSA) is 57.3 Å². The van der Waals surface area contributed by atoms with E-state index in [4.69, 9.17) is 0 Å². The third-order valence-corrected chi connectivity index (χ3v) is 3.53. The third kappa shape index (κ3) is 3.44. The van der Waals surface area contributed by atoms with E-state index in [0.29, 0.717) is 5.92 Å². The van der Waals surface area contributed by atoms with Gasteiger partial charge >= 0.3 is 0 Å². The Hall–Kier alpha value is -1.62. The second-order valence-corrected chi connectivity index (χ2v) is 5.34. The van der Waals surface area contributed by atoms with Crippen molar-refractivity contribution in [3.63, 3.8) is 0 Å². The molecule has 0 saturated carbocycles. The number of nitrogens with zero attached hydrogens (tertiary/aromatic N) is 2. The number of nitrogens with one attached hydrogen (secondary N) is 2. The Morgan fingerprint density at radius 3 is 2.84 bits per heavy atom. The van der Waals surface area contributed by atoms with Crippen LogP contribution in [0.25, 0.3) is 0 Å². The molecule has 1 aliphatic rings. The van der Waals surface area contributed by atoms with Crippen molar-refractivity contribution in [1.29, 1.82) is 0 Å². The average Bonchev–Trinajstić information content (AvgIpc) is 2.39. The number of carbonyl (C=O) groups excluding carboxylic acids is 1. The Bertz CT molecular complexity index is 430. The lowest BCUT2D eigenvalue weighted by Gasteiger charge is -2.28. The number of piperidine rings is 1. The van der Waals surface area contributed by atoms with E-state index < -0.39 is 0 Å². The van der Waals surface area contributed by atoms with Gasteiger partial charge in [-0.1, -0.05) is 6.92 Å². The molecular formula is C14H22N4O. The normalized spacial score (nSPS) is 22.9. The van der Waals surface area contributed by atoms with Crippen molar-refractivity contribution in [1.82, 2.24) is 10.3 Å². The number of aromatic nitrogens is 1. The molecule has 2 atom stereocenters. The molecule has 0 aliphatic carbocycles. The predicted octanol–water partition coefficient (Wildman–Crippen LogP) is 1.47. The molecule has 104 valence electrons. The van der Waals surface area contributed by atoms with Crippen LogP contribution in [-0.4, -0.2) is 37.6 Å². The lowest BCUT2D eigenvalue weighted by molar-refractivity contribution is -0.119. The zero-order chi connectivity index (χ0) is 13.8. The molecule has 5 nitrogen and oxygen atoms in total. The van der Waals surface area contributed by atoms with Crippen LogP contribution in [0.15, 0.2) is 18.3 Å². The summed E-state index contributed by atoms with van der Waals surface area (Å²) in [7, 11) is 3.88. The first-order valence-corrected chi connectivity index (χ1v) is 6.75. The van der Waals surface area contributed by atoms with Crippen LogP contribution in [0.3, 0.4) is 0 Å². The zero-order valence-electron chi connectivity index (χ0n) is 11.8. The van der Waals surface area contributed by atoms with Gasteiger partial charge in [-0.25, -0.2) is 4.98 Å². The highest BCUT2D eigenvalue weighted by Crippen LogP contribution is 2.18. The van der Waals surface area contributed by atoms with E-state index in [1.54, 1.807) is 6.20 Å². The van der Waals surface area contributed by atoms with Gasteiger partial charge in [-0.15, -0.1) is 0 Å². The van der Waals surface area contributed by atoms with E-state index in [-0.39, 0.29) is 11.9 Å². The fourth-order valence-electron chi connectivity index (χ4n) is 2.35. The molecule has 0 spiro atoms. The van der Waals surface area contributed by atoms with Crippen LogP contribution in [0.2, 0.25) is 0 Å². The smallest absolute Gasteiger partial charge is 0.241 e. The van der Waals surface area contributed by atoms with Crippen LogP contribution in [0.4, 0.5) is 11.5 Å². The van der Waals surface area contributed by atoms with Gasteiger partial charge in [-0.05, 0) is 37.4 Å². The molecule has 5 heteroatoms. The summed E-state index contributed by atoms with van der Waals surface area (Å²) in [5.74, 6) is 1.29. The van der Waals surface area contributed by atoms with Crippen LogP contribution in [0.1, 0.15) is 19.8 Å². The third-order valence-electron chi connectivity index (χ3n) is 3.53. The van der Waals surface area contributed by atoms with E-state index in [1.165, 1.54) is 0 Å². The Labute approximate surface area is 114 Å². The van der Waals surface area contributed by atoms with Crippen LogP contribution in [-0.2, 0) is 4.79 Å². The molecule has 0 aromatic carbocycles. The molecule has 1 saturated heterocycles. The molecular weight excluding hydrogens is 240 g/mol. The molecule has 1 aliphatic heterocycles. The van der Waals surface area contributed by atoms with E-state index in [9.17, 15) is 4.79 Å². The molecule has 1 aromatic rings. The maximum absolute atomic E-state index is 12.2. The van der Waals surface area contributed by atoms with Gasteiger partial charge in [-0.3, -0.25) is 4.79 Å². The van der Waals surface area contributed by atoms with Gasteiger partial charge < -0.3 is 15.5 Å². The number of hydrogen-bond donors (Lipinski definition) is 2. The highest BCUT2D eigenvalue weighted by atomic mass is 16.2. The van der Waals surface area contributed by atoms with Crippen molar-refractivity contribution >= 4 is 17.4 Å². The quantitative estimate of drug-likeness (QED) is 0.866. The first-order chi connectivity index (χ1) is 9.08. The van der Waals surface area contributed by atoms with Crippen molar-refractivity contribution in [3.05, 3.63) is 18.3 Å². The zero-order valence-corrected chi connectivity index (χ0v) is 11.8. The monoisotopic (exact) mass is 262 g/mol. The fraction of sp³-hybridized carbons (Fsp3) is 0.571. The van der Waals surface area contributed by atoms with Crippen molar-refractivity contribution in [2.75, 3.05) is 30.9 Å². The Balaban J connectivity index is 1.98. The van der Waals surface area contributed by atoms with Gasteiger partial charge in [0.2, 0.25) is 5.91 Å². The summed E-state index contributed by atoms with van der Waals surface area (Å²) in [6.45, 7) is 3.03. The number of anilines is 2. The minimum atomic E-state index is -0.0951. The average molecular weight is 262 g/mol. The first-order valence-electron chi connectivity index (χ1n) is 6.75. The van der Waals surface area contributed by atoms with E-state index in [0.717, 1.165) is 30.9 Å². The van der Waals surface area contributed by atoms with E-state index >= 15 is 0 Å². The standard InChI is InChI=1S/C14H22N4O/c1-10-5-4-8-15-13(10)14(19)17-11-6-7-12(16-9-11)18(2)3/h6-7,9-10,13,15H,4-5,8H2,1-3H3,(H,17,19). The highest BCUT2D eigenvalue weighted by Gasteiger charge is 2.27. The van der Waals surface area contributed by atoms with Gasteiger partial charge in [-0.2, -0.15) is 0 Å². The maximum Gasteiger partial charge on any atom is 0.241 e. The molecule has 19 heavy (non-hydrogen) atoms. The first kappa shape index (κ1) is 13.8. The second-order valence-electron chi connectivity index (χ2n) is 5.34.